The van der Waals surface area contributed by atoms with Crippen LogP contribution >= 0.6 is 0 Å². The van der Waals surface area contributed by atoms with Gasteiger partial charge in [0.05, 0.1) is 12.7 Å². The number of rotatable bonds is 2. The Morgan fingerprint density at radius 1 is 1.24 bits per heavy atom. The molecule has 21 heavy (non-hydrogen) atoms. The van der Waals surface area contributed by atoms with Crippen molar-refractivity contribution in [1.82, 2.24) is 14.3 Å². The maximum atomic E-state index is 12.6. The second-order valence-electron chi connectivity index (χ2n) is 4.81. The van der Waals surface area contributed by atoms with Crippen LogP contribution in [0.25, 0.3) is 0 Å². The molecule has 1 aromatic heterocycles. The first-order valence-corrected chi connectivity index (χ1v) is 7.80. The predicted molar refractivity (Wildman–Crippen MR) is 76.0 cm³/mol. The van der Waals surface area contributed by atoms with Crippen LogP contribution in [0.2, 0.25) is 0 Å². The van der Waals surface area contributed by atoms with Gasteiger partial charge in [-0.3, -0.25) is 4.79 Å². The summed E-state index contributed by atoms with van der Waals surface area (Å²) in [5.74, 6) is 0.146. The Hall–Kier alpha value is -2.19. The summed E-state index contributed by atoms with van der Waals surface area (Å²) in [7, 11) is -3.79. The first kappa shape index (κ1) is 13.8. The number of aromatic nitrogens is 2. The third kappa shape index (κ3) is 2.55. The van der Waals surface area contributed by atoms with Crippen molar-refractivity contribution in [1.29, 1.82) is 0 Å². The number of carbonyl (C=O) groups is 1. The van der Waals surface area contributed by atoms with Crippen molar-refractivity contribution in [2.45, 2.75) is 18.5 Å². The largest absolute Gasteiger partial charge is 0.332 e. The lowest BCUT2D eigenvalue weighted by atomic mass is 10.2. The van der Waals surface area contributed by atoms with Crippen LogP contribution in [0.3, 0.4) is 0 Å². The van der Waals surface area contributed by atoms with Crippen LogP contribution in [0.4, 0.5) is 5.69 Å². The molecule has 1 aliphatic heterocycles. The Bertz CT molecular complexity index is 797. The van der Waals surface area contributed by atoms with Crippen LogP contribution in [-0.4, -0.2) is 35.1 Å². The predicted octanol–water partition coefficient (Wildman–Crippen LogP) is 0.861. The van der Waals surface area contributed by atoms with E-state index in [0.29, 0.717) is 11.5 Å². The number of sulfonamides is 1. The molecule has 7 nitrogen and oxygen atoms in total. The van der Waals surface area contributed by atoms with Crippen molar-refractivity contribution in [3.05, 3.63) is 41.9 Å². The van der Waals surface area contributed by atoms with Crippen LogP contribution in [0, 0.1) is 6.92 Å². The van der Waals surface area contributed by atoms with Crippen molar-refractivity contribution in [3.63, 3.8) is 0 Å². The maximum absolute atomic E-state index is 12.6. The van der Waals surface area contributed by atoms with E-state index in [9.17, 15) is 13.2 Å². The molecule has 0 unspecified atom stereocenters. The number of H-pyrrole nitrogens is 1. The molecule has 0 saturated heterocycles. The molecular formula is C13H14N4O3S. The number of aryl methyl sites for hydroxylation is 1. The molecule has 8 heteroatoms. The summed E-state index contributed by atoms with van der Waals surface area (Å²) in [6.45, 7) is 1.58. The first-order valence-electron chi connectivity index (χ1n) is 6.36. The van der Waals surface area contributed by atoms with Crippen LogP contribution in [0.15, 0.2) is 35.5 Å². The number of hydrogen-bond donors (Lipinski definition) is 2. The highest BCUT2D eigenvalue weighted by Crippen LogP contribution is 2.24. The third-order valence-electron chi connectivity index (χ3n) is 3.26. The van der Waals surface area contributed by atoms with E-state index in [-0.39, 0.29) is 24.0 Å². The molecule has 0 saturated carbocycles. The highest BCUT2D eigenvalue weighted by molar-refractivity contribution is 7.89. The zero-order valence-corrected chi connectivity index (χ0v) is 12.1. The van der Waals surface area contributed by atoms with Crippen LogP contribution in [0.5, 0.6) is 0 Å². The van der Waals surface area contributed by atoms with Crippen LogP contribution in [0.1, 0.15) is 11.4 Å². The normalized spacial score (nSPS) is 16.1. The number of nitrogens with zero attached hydrogens (tertiary/aromatic N) is 2. The van der Waals surface area contributed by atoms with E-state index in [1.807, 2.05) is 0 Å². The van der Waals surface area contributed by atoms with Crippen molar-refractivity contribution >= 4 is 21.6 Å². The number of amides is 1. The number of anilines is 1. The molecule has 110 valence electrons. The van der Waals surface area contributed by atoms with Crippen molar-refractivity contribution in [3.8, 4) is 0 Å². The lowest BCUT2D eigenvalue weighted by Crippen LogP contribution is -2.35. The number of imidazole rings is 1. The summed E-state index contributed by atoms with van der Waals surface area (Å²) in [6.07, 6.45) is 1.26. The quantitative estimate of drug-likeness (QED) is 0.860. The van der Waals surface area contributed by atoms with Crippen molar-refractivity contribution in [2.24, 2.45) is 0 Å². The number of benzene rings is 1. The average Bonchev–Trinajstić information content (AvgIpc) is 2.79. The first-order chi connectivity index (χ1) is 9.96. The molecule has 0 aliphatic carbocycles. The van der Waals surface area contributed by atoms with E-state index >= 15 is 0 Å². The summed E-state index contributed by atoms with van der Waals surface area (Å²) in [5, 5.41) is 2.70. The molecule has 0 fully saturated rings. The molecular weight excluding hydrogens is 292 g/mol. The molecule has 1 aromatic carbocycles. The maximum Gasteiger partial charge on any atom is 0.260 e. The average molecular weight is 306 g/mol. The van der Waals surface area contributed by atoms with Gasteiger partial charge in [-0.25, -0.2) is 13.4 Å². The van der Waals surface area contributed by atoms with Crippen LogP contribution in [-0.2, 0) is 21.4 Å². The van der Waals surface area contributed by atoms with Gasteiger partial charge in [-0.1, -0.05) is 18.2 Å². The van der Waals surface area contributed by atoms with E-state index in [0.717, 1.165) is 9.87 Å². The van der Waals surface area contributed by atoms with E-state index in [2.05, 4.69) is 15.3 Å². The van der Waals surface area contributed by atoms with E-state index in [1.54, 1.807) is 31.2 Å². The third-order valence-corrected chi connectivity index (χ3v) is 4.96. The number of carbonyl (C=O) groups excluding carboxylic acids is 1. The van der Waals surface area contributed by atoms with Gasteiger partial charge in [-0.15, -0.1) is 0 Å². The topological polar surface area (TPSA) is 95.2 Å². The monoisotopic (exact) mass is 306 g/mol. The minimum atomic E-state index is -3.79. The zero-order valence-electron chi connectivity index (χ0n) is 11.3. The summed E-state index contributed by atoms with van der Waals surface area (Å²) in [4.78, 5) is 18.5. The van der Waals surface area contributed by atoms with E-state index < -0.39 is 10.0 Å². The molecule has 0 radical (unpaired) electrons. The number of nitrogens with one attached hydrogen (secondary N) is 2. The Kier molecular flexibility index (Phi) is 3.26. The van der Waals surface area contributed by atoms with Gasteiger partial charge < -0.3 is 10.3 Å². The van der Waals surface area contributed by atoms with Gasteiger partial charge >= 0.3 is 0 Å². The van der Waals surface area contributed by atoms with Gasteiger partial charge in [-0.2, -0.15) is 4.31 Å². The smallest absolute Gasteiger partial charge is 0.260 e. The molecule has 3 rings (SSSR count). The second kappa shape index (κ2) is 4.97. The summed E-state index contributed by atoms with van der Waals surface area (Å²) >= 11 is 0. The van der Waals surface area contributed by atoms with E-state index in [4.69, 9.17) is 0 Å². The van der Waals surface area contributed by atoms with Gasteiger partial charge in [-0.05, 0) is 18.6 Å². The van der Waals surface area contributed by atoms with Gasteiger partial charge in [0.1, 0.15) is 5.82 Å². The molecule has 0 bridgehead atoms. The Morgan fingerprint density at radius 3 is 2.71 bits per heavy atom. The Labute approximate surface area is 122 Å². The zero-order chi connectivity index (χ0) is 15.0. The molecule has 2 heterocycles. The fourth-order valence-corrected chi connectivity index (χ4v) is 3.55. The standard InChI is InChI=1S/C13H14N4O3S/c1-9-14-6-13(15-9)21(19,20)17-7-10-4-2-3-5-11(10)16-12(18)8-17/h2-6H,7-8H2,1H3,(H,14,15)(H,16,18). The SMILES string of the molecule is Cc1ncc(S(=O)(=O)N2CC(=O)Nc3ccccc3C2)[nH]1. The second-order valence-corrected chi connectivity index (χ2v) is 6.72. The number of para-hydroxylation sites is 1. The van der Waals surface area contributed by atoms with Crippen LogP contribution < -0.4 is 5.32 Å². The van der Waals surface area contributed by atoms with E-state index in [1.165, 1.54) is 6.20 Å². The highest BCUT2D eigenvalue weighted by Gasteiger charge is 2.31. The lowest BCUT2D eigenvalue weighted by molar-refractivity contribution is -0.116. The molecule has 0 atom stereocenters. The molecule has 1 amide bonds. The highest BCUT2D eigenvalue weighted by atomic mass is 32.2. The van der Waals surface area contributed by atoms with Gasteiger partial charge in [0.15, 0.2) is 5.03 Å². The number of hydrogen-bond acceptors (Lipinski definition) is 4. The fraction of sp³-hybridized carbons (Fsp3) is 0.231. The van der Waals surface area contributed by atoms with Crippen molar-refractivity contribution < 1.29 is 13.2 Å². The van der Waals surface area contributed by atoms with Gasteiger partial charge in [0, 0.05) is 12.2 Å². The molecule has 0 spiro atoms. The number of fused-ring (bicyclic) bond motifs is 1. The van der Waals surface area contributed by atoms with Crippen molar-refractivity contribution in [2.75, 3.05) is 11.9 Å². The summed E-state index contributed by atoms with van der Waals surface area (Å²) in [5.41, 5.74) is 1.39. The summed E-state index contributed by atoms with van der Waals surface area (Å²) in [6, 6.07) is 7.15. The summed E-state index contributed by atoms with van der Waals surface area (Å²) < 4.78 is 26.3. The lowest BCUT2D eigenvalue weighted by Gasteiger charge is -2.17. The van der Waals surface area contributed by atoms with Gasteiger partial charge in [0.2, 0.25) is 5.91 Å². The molecule has 2 N–H and O–H groups in total. The minimum Gasteiger partial charge on any atom is -0.332 e. The molecule has 2 aromatic rings. The number of aromatic amines is 1. The molecule has 1 aliphatic rings. The minimum absolute atomic E-state index is 0.00724. The van der Waals surface area contributed by atoms with Gasteiger partial charge in [0.25, 0.3) is 10.0 Å². The fourth-order valence-electron chi connectivity index (χ4n) is 2.21. The Balaban J connectivity index is 2.01. The Morgan fingerprint density at radius 2 is 2.00 bits per heavy atom.